The Hall–Kier alpha value is -1.30. The van der Waals surface area contributed by atoms with Crippen LogP contribution in [0.25, 0.3) is 0 Å². The highest BCUT2D eigenvalue weighted by Crippen LogP contribution is 2.28. The third-order valence-electron chi connectivity index (χ3n) is 5.00. The van der Waals surface area contributed by atoms with Gasteiger partial charge in [-0.1, -0.05) is 11.6 Å². The molecule has 2 N–H and O–H groups in total. The molecule has 0 bridgehead atoms. The molecule has 166 valence electrons. The molecule has 0 spiro atoms. The van der Waals surface area contributed by atoms with Crippen molar-refractivity contribution in [3.05, 3.63) is 23.2 Å². The van der Waals surface area contributed by atoms with Gasteiger partial charge in [0, 0.05) is 19.5 Å². The predicted octanol–water partition coefficient (Wildman–Crippen LogP) is -1.17. The monoisotopic (exact) mass is 470 g/mol. The largest absolute Gasteiger partial charge is 1.00 e. The molecular formula is C17H28Cl2N4O5S. The van der Waals surface area contributed by atoms with Crippen LogP contribution in [0.15, 0.2) is 18.2 Å². The van der Waals surface area contributed by atoms with Gasteiger partial charge < -0.3 is 21.6 Å². The molecule has 0 atom stereocenters. The fraction of sp³-hybridized carbons (Fsp3) is 0.588. The lowest BCUT2D eigenvalue weighted by atomic mass is 10.2. The van der Waals surface area contributed by atoms with Crippen LogP contribution in [0.1, 0.15) is 6.42 Å². The second-order valence-corrected chi connectivity index (χ2v) is 9.61. The smallest absolute Gasteiger partial charge is 0.411 e. The van der Waals surface area contributed by atoms with Gasteiger partial charge >= 0.3 is 6.09 Å². The van der Waals surface area contributed by atoms with Gasteiger partial charge in [0.05, 0.1) is 55.9 Å². The van der Waals surface area contributed by atoms with E-state index >= 15 is 0 Å². The minimum atomic E-state index is -3.91. The second kappa shape index (κ2) is 10.6. The van der Waals surface area contributed by atoms with Crippen LogP contribution in [0.2, 0.25) is 5.02 Å². The molecule has 12 heteroatoms. The van der Waals surface area contributed by atoms with E-state index in [9.17, 15) is 18.4 Å². The zero-order valence-corrected chi connectivity index (χ0v) is 19.1. The Labute approximate surface area is 183 Å². The van der Waals surface area contributed by atoms with Crippen LogP contribution in [0, 0.1) is 0 Å². The van der Waals surface area contributed by atoms with E-state index in [4.69, 9.17) is 11.6 Å². The lowest BCUT2D eigenvalue weighted by molar-refractivity contribution is -0.913. The number of carbonyl (C=O) groups is 1. The molecule has 1 aromatic rings. The van der Waals surface area contributed by atoms with Crippen LogP contribution in [-0.4, -0.2) is 88.8 Å². The molecule has 1 aromatic carbocycles. The number of benzene rings is 1. The number of hydrogen-bond acceptors (Lipinski definition) is 6. The van der Waals surface area contributed by atoms with Gasteiger partial charge in [-0.2, -0.15) is 0 Å². The van der Waals surface area contributed by atoms with Crippen LogP contribution in [0.4, 0.5) is 16.2 Å². The minimum Gasteiger partial charge on any atom is -1.00 e. The number of likely N-dealkylation sites (N-methyl/N-ethyl adjacent to an activating group) is 2. The van der Waals surface area contributed by atoms with Crippen molar-refractivity contribution in [2.75, 3.05) is 69.5 Å². The second-order valence-electron chi connectivity index (χ2n) is 7.29. The summed E-state index contributed by atoms with van der Waals surface area (Å²) in [5.74, 6) is -0.174. The van der Waals surface area contributed by atoms with Crippen LogP contribution in [0.5, 0.6) is 0 Å². The summed E-state index contributed by atoms with van der Waals surface area (Å²) in [6, 6.07) is 4.01. The first kappa shape index (κ1) is 25.7. The number of sulfonamides is 1. The van der Waals surface area contributed by atoms with Gasteiger partial charge in [-0.25, -0.2) is 13.2 Å². The lowest BCUT2D eigenvalue weighted by Crippen LogP contribution is -3.00. The summed E-state index contributed by atoms with van der Waals surface area (Å²) < 4.78 is 30.5. The number of amides is 1. The molecular weight excluding hydrogens is 443 g/mol. The molecule has 1 amide bonds. The molecule has 2 rings (SSSR count). The number of ether oxygens (including phenoxy) is 1. The number of anilines is 2. The molecule has 0 radical (unpaired) electrons. The Morgan fingerprint density at radius 3 is 2.55 bits per heavy atom. The maximum Gasteiger partial charge on any atom is 0.411 e. The molecule has 0 aromatic heterocycles. The molecule has 1 fully saturated rings. The summed E-state index contributed by atoms with van der Waals surface area (Å²) in [7, 11) is 1.51. The Kier molecular flexibility index (Phi) is 9.45. The number of rotatable bonds is 7. The van der Waals surface area contributed by atoms with Crippen LogP contribution in [0.3, 0.4) is 0 Å². The molecule has 1 heterocycles. The normalized spacial score (nSPS) is 16.6. The van der Waals surface area contributed by atoms with Crippen molar-refractivity contribution in [1.29, 1.82) is 0 Å². The molecule has 0 aliphatic carbocycles. The Bertz CT molecular complexity index is 801. The van der Waals surface area contributed by atoms with Gasteiger partial charge in [0.25, 0.3) is 10.0 Å². The minimum absolute atomic E-state index is 0. The maximum absolute atomic E-state index is 12.5. The summed E-state index contributed by atoms with van der Waals surface area (Å²) in [5, 5.41) is 12.7. The van der Waals surface area contributed by atoms with Crippen LogP contribution >= 0.6 is 11.6 Å². The first-order valence-electron chi connectivity index (χ1n) is 8.95. The first-order valence-corrected chi connectivity index (χ1v) is 10.9. The van der Waals surface area contributed by atoms with E-state index in [2.05, 4.69) is 29.0 Å². The Morgan fingerprint density at radius 1 is 1.38 bits per heavy atom. The zero-order valence-electron chi connectivity index (χ0n) is 16.8. The third-order valence-corrected chi connectivity index (χ3v) is 6.86. The van der Waals surface area contributed by atoms with Crippen molar-refractivity contribution in [3.63, 3.8) is 0 Å². The van der Waals surface area contributed by atoms with E-state index < -0.39 is 16.1 Å². The van der Waals surface area contributed by atoms with Gasteiger partial charge in [0.1, 0.15) is 0 Å². The van der Waals surface area contributed by atoms with E-state index in [1.54, 1.807) is 0 Å². The van der Waals surface area contributed by atoms with Gasteiger partial charge in [0.2, 0.25) is 0 Å². The number of halogens is 2. The van der Waals surface area contributed by atoms with Crippen molar-refractivity contribution in [2.24, 2.45) is 0 Å². The standard InChI is InChI=1S/C17H27ClN4O5S.ClH/c1-20-7-10-22(2,11-8-20)9-4-12-28(25,26)21(24)14-5-6-16(15(18)13-14)19-17(23)27-3;/h5-6,13,24H,4,7-12H2,1-3H3;1H. The topological polar surface area (TPSA) is 99.2 Å². The van der Waals surface area contributed by atoms with Crippen molar-refractivity contribution >= 4 is 39.1 Å². The number of quaternary nitrogens is 1. The first-order chi connectivity index (χ1) is 13.1. The summed E-state index contributed by atoms with van der Waals surface area (Å²) >= 11 is 6.05. The highest BCUT2D eigenvalue weighted by atomic mass is 35.5. The fourth-order valence-corrected chi connectivity index (χ4v) is 4.36. The van der Waals surface area contributed by atoms with Crippen molar-refractivity contribution in [2.45, 2.75) is 6.42 Å². The highest BCUT2D eigenvalue weighted by Gasteiger charge is 2.28. The van der Waals surface area contributed by atoms with E-state index in [1.807, 2.05) is 0 Å². The van der Waals surface area contributed by atoms with Crippen LogP contribution < -0.4 is 22.2 Å². The third kappa shape index (κ3) is 7.16. The molecule has 9 nitrogen and oxygen atoms in total. The fourth-order valence-electron chi connectivity index (χ4n) is 3.03. The van der Waals surface area contributed by atoms with E-state index in [0.29, 0.717) is 6.42 Å². The van der Waals surface area contributed by atoms with E-state index in [-0.39, 0.29) is 39.0 Å². The highest BCUT2D eigenvalue weighted by molar-refractivity contribution is 7.92. The number of nitrogens with one attached hydrogen (secondary N) is 1. The zero-order chi connectivity index (χ0) is 20.9. The quantitative estimate of drug-likeness (QED) is 0.384. The summed E-state index contributed by atoms with van der Waals surface area (Å²) in [4.78, 5) is 13.5. The van der Waals surface area contributed by atoms with Crippen LogP contribution in [-0.2, 0) is 14.8 Å². The number of piperazine rings is 1. The van der Waals surface area contributed by atoms with Crippen molar-refractivity contribution < 1.29 is 40.0 Å². The summed E-state index contributed by atoms with van der Waals surface area (Å²) in [5.41, 5.74) is 0.246. The molecule has 0 unspecified atom stereocenters. The average Bonchev–Trinajstić information content (AvgIpc) is 2.65. The molecule has 1 aliphatic heterocycles. The van der Waals surface area contributed by atoms with E-state index in [0.717, 1.165) is 37.2 Å². The maximum atomic E-state index is 12.5. The molecule has 1 aliphatic rings. The lowest BCUT2D eigenvalue weighted by Gasteiger charge is -2.41. The SMILES string of the molecule is COC(=O)Nc1ccc(N(O)S(=O)(=O)CCC[N+]2(C)CCN(C)CC2)cc1Cl.[Cl-]. The molecule has 0 saturated carbocycles. The Morgan fingerprint density at radius 2 is 2.00 bits per heavy atom. The summed E-state index contributed by atoms with van der Waals surface area (Å²) in [6.45, 7) is 4.65. The van der Waals surface area contributed by atoms with Crippen molar-refractivity contribution in [1.82, 2.24) is 4.90 Å². The van der Waals surface area contributed by atoms with Gasteiger partial charge in [0.15, 0.2) is 0 Å². The van der Waals surface area contributed by atoms with Gasteiger partial charge in [-0.15, -0.1) is 4.47 Å². The Balaban J connectivity index is 0.00000420. The average molecular weight is 471 g/mol. The number of methoxy groups -OCH3 is 1. The molecule has 29 heavy (non-hydrogen) atoms. The van der Waals surface area contributed by atoms with Gasteiger partial charge in [-0.05, 0) is 25.2 Å². The molecule has 1 saturated heterocycles. The van der Waals surface area contributed by atoms with Crippen molar-refractivity contribution in [3.8, 4) is 0 Å². The van der Waals surface area contributed by atoms with E-state index in [1.165, 1.54) is 25.3 Å². The number of hydrogen-bond donors (Lipinski definition) is 2. The number of carbonyl (C=O) groups excluding carboxylic acids is 1. The summed E-state index contributed by atoms with van der Waals surface area (Å²) in [6.07, 6.45) is -0.265. The predicted molar refractivity (Wildman–Crippen MR) is 108 cm³/mol. The van der Waals surface area contributed by atoms with Gasteiger partial charge in [-0.3, -0.25) is 15.4 Å². The number of nitrogens with zero attached hydrogens (tertiary/aromatic N) is 3.